The minimum Gasteiger partial charge on any atom is -0.398 e. The Morgan fingerprint density at radius 1 is 1.57 bits per heavy atom. The van der Waals surface area contributed by atoms with E-state index in [1.165, 1.54) is 6.92 Å². The Balaban J connectivity index is 2.91. The molecule has 0 aromatic rings. The van der Waals surface area contributed by atoms with E-state index in [0.717, 1.165) is 5.57 Å². The lowest BCUT2D eigenvalue weighted by Crippen LogP contribution is -2.30. The molecule has 0 aromatic heterocycles. The highest BCUT2D eigenvalue weighted by molar-refractivity contribution is 5.84. The fraction of sp³-hybridized carbons (Fsp3) is 0.273. The summed E-state index contributed by atoms with van der Waals surface area (Å²) in [5.74, 6) is -0.0406. The van der Waals surface area contributed by atoms with Gasteiger partial charge in [-0.1, -0.05) is 6.08 Å². The van der Waals surface area contributed by atoms with Crippen LogP contribution in [0.15, 0.2) is 41.3 Å². The molecule has 3 heteroatoms. The number of rotatable bonds is 2. The lowest BCUT2D eigenvalue weighted by molar-refractivity contribution is -0.117. The monoisotopic (exact) mass is 190 g/mol. The molecule has 0 aromatic carbocycles. The second-order valence-corrected chi connectivity index (χ2v) is 3.22. The first-order valence-electron chi connectivity index (χ1n) is 4.44. The van der Waals surface area contributed by atoms with Crippen LogP contribution in [0.2, 0.25) is 0 Å². The van der Waals surface area contributed by atoms with Gasteiger partial charge in [0.25, 0.3) is 0 Å². The molecule has 1 aliphatic carbocycles. The van der Waals surface area contributed by atoms with Crippen LogP contribution < -0.4 is 11.5 Å². The number of Topliss-reactive ketones (excluding diaryl/α,β-unsaturated/α-hetero) is 1. The summed E-state index contributed by atoms with van der Waals surface area (Å²) < 4.78 is 0. The summed E-state index contributed by atoms with van der Waals surface area (Å²) in [7, 11) is 0. The van der Waals surface area contributed by atoms with Gasteiger partial charge in [-0.3, -0.25) is 4.79 Å². The Kier molecular flexibility index (Phi) is 3.46. The summed E-state index contributed by atoms with van der Waals surface area (Å²) in [4.78, 5) is 11.1. The predicted octanol–water partition coefficient (Wildman–Crippen LogP) is 0.787. The molecule has 0 spiro atoms. The second-order valence-electron chi connectivity index (χ2n) is 3.22. The maximum absolute atomic E-state index is 11.1. The Hall–Kier alpha value is -1.57. The second kappa shape index (κ2) is 4.61. The lowest BCUT2D eigenvalue weighted by Gasteiger charge is -2.10. The largest absolute Gasteiger partial charge is 0.398 e. The first-order valence-corrected chi connectivity index (χ1v) is 4.44. The first-order chi connectivity index (χ1) is 6.61. The van der Waals surface area contributed by atoms with Crippen molar-refractivity contribution in [1.29, 1.82) is 0 Å². The number of hydrogen-bond acceptors (Lipinski definition) is 3. The van der Waals surface area contributed by atoms with E-state index >= 15 is 0 Å². The summed E-state index contributed by atoms with van der Waals surface area (Å²) in [5, 5.41) is 0. The number of hydrogen-bond donors (Lipinski definition) is 2. The quantitative estimate of drug-likeness (QED) is 0.632. The SMILES string of the molecule is CC(=O)C(N)C1=CC=C(N)C=C=CC1. The number of carbonyl (C=O) groups is 1. The Labute approximate surface area is 83.5 Å². The Bertz CT molecular complexity index is 357. The molecule has 0 saturated carbocycles. The van der Waals surface area contributed by atoms with Crippen LogP contribution in [-0.4, -0.2) is 11.8 Å². The molecule has 3 nitrogen and oxygen atoms in total. The summed E-state index contributed by atoms with van der Waals surface area (Å²) in [6.07, 6.45) is 7.68. The molecule has 74 valence electrons. The number of carbonyl (C=O) groups excluding carboxylic acids is 1. The molecule has 0 bridgehead atoms. The summed E-state index contributed by atoms with van der Waals surface area (Å²) in [5.41, 5.74) is 15.7. The topological polar surface area (TPSA) is 69.1 Å². The van der Waals surface area contributed by atoms with Crippen LogP contribution in [0.25, 0.3) is 0 Å². The van der Waals surface area contributed by atoms with Gasteiger partial charge in [-0.2, -0.15) is 0 Å². The van der Waals surface area contributed by atoms with Gasteiger partial charge in [0.05, 0.1) is 6.04 Å². The molecule has 4 N–H and O–H groups in total. The third-order valence-corrected chi connectivity index (χ3v) is 2.03. The van der Waals surface area contributed by atoms with Crippen molar-refractivity contribution in [3.05, 3.63) is 41.3 Å². The van der Waals surface area contributed by atoms with E-state index in [9.17, 15) is 4.79 Å². The van der Waals surface area contributed by atoms with Gasteiger partial charge < -0.3 is 11.5 Å². The van der Waals surface area contributed by atoms with Crippen LogP contribution >= 0.6 is 0 Å². The number of nitrogens with two attached hydrogens (primary N) is 2. The third kappa shape index (κ3) is 2.73. The van der Waals surface area contributed by atoms with Gasteiger partial charge >= 0.3 is 0 Å². The van der Waals surface area contributed by atoms with E-state index in [1.807, 2.05) is 6.08 Å². The van der Waals surface area contributed by atoms with Crippen LogP contribution in [0, 0.1) is 0 Å². The smallest absolute Gasteiger partial charge is 0.150 e. The van der Waals surface area contributed by atoms with Crippen LogP contribution in [-0.2, 0) is 4.79 Å². The van der Waals surface area contributed by atoms with E-state index in [-0.39, 0.29) is 5.78 Å². The number of ketones is 1. The summed E-state index contributed by atoms with van der Waals surface area (Å²) in [6.45, 7) is 1.48. The number of allylic oxidation sites excluding steroid dienone is 3. The van der Waals surface area contributed by atoms with Gasteiger partial charge in [0, 0.05) is 11.8 Å². The van der Waals surface area contributed by atoms with Gasteiger partial charge in [0.1, 0.15) is 0 Å². The van der Waals surface area contributed by atoms with Gasteiger partial charge in [0.2, 0.25) is 0 Å². The van der Waals surface area contributed by atoms with Crippen molar-refractivity contribution >= 4 is 5.78 Å². The lowest BCUT2D eigenvalue weighted by atomic mass is 10.00. The molecule has 0 amide bonds. The normalized spacial score (nSPS) is 17.9. The maximum atomic E-state index is 11.1. The standard InChI is InChI=1S/C11H14N2O/c1-8(14)11(13)9-4-2-3-5-10(12)7-6-9/h2,5-7,11H,4,12-13H2,1H3. The zero-order valence-electron chi connectivity index (χ0n) is 8.16. The molecule has 0 heterocycles. The van der Waals surface area contributed by atoms with E-state index in [4.69, 9.17) is 11.5 Å². The van der Waals surface area contributed by atoms with E-state index in [2.05, 4.69) is 5.73 Å². The fourth-order valence-corrected chi connectivity index (χ4v) is 1.14. The predicted molar refractivity (Wildman–Crippen MR) is 56.3 cm³/mol. The highest BCUT2D eigenvalue weighted by atomic mass is 16.1. The van der Waals surface area contributed by atoms with Crippen molar-refractivity contribution in [3.8, 4) is 0 Å². The highest BCUT2D eigenvalue weighted by Crippen LogP contribution is 2.10. The van der Waals surface area contributed by atoms with Gasteiger partial charge in [-0.05, 0) is 31.1 Å². The minimum absolute atomic E-state index is 0.0406. The maximum Gasteiger partial charge on any atom is 0.150 e. The van der Waals surface area contributed by atoms with E-state index < -0.39 is 6.04 Å². The van der Waals surface area contributed by atoms with Crippen molar-refractivity contribution in [2.24, 2.45) is 11.5 Å². The van der Waals surface area contributed by atoms with Crippen molar-refractivity contribution < 1.29 is 4.79 Å². The van der Waals surface area contributed by atoms with Gasteiger partial charge in [-0.25, -0.2) is 0 Å². The van der Waals surface area contributed by atoms with E-state index in [1.54, 1.807) is 18.2 Å². The average Bonchev–Trinajstić information content (AvgIpc) is 2.11. The van der Waals surface area contributed by atoms with Crippen LogP contribution in [0.4, 0.5) is 0 Å². The molecular formula is C11H14N2O. The van der Waals surface area contributed by atoms with Gasteiger partial charge in [0.15, 0.2) is 5.78 Å². The molecule has 1 rings (SSSR count). The van der Waals surface area contributed by atoms with Crippen LogP contribution in [0.3, 0.4) is 0 Å². The van der Waals surface area contributed by atoms with Crippen LogP contribution in [0.5, 0.6) is 0 Å². The van der Waals surface area contributed by atoms with E-state index in [0.29, 0.717) is 12.1 Å². The third-order valence-electron chi connectivity index (χ3n) is 2.03. The fourth-order valence-electron chi connectivity index (χ4n) is 1.14. The molecule has 0 fully saturated rings. The van der Waals surface area contributed by atoms with Gasteiger partial charge in [-0.15, -0.1) is 5.73 Å². The van der Waals surface area contributed by atoms with Crippen molar-refractivity contribution in [2.75, 3.05) is 0 Å². The molecule has 0 radical (unpaired) electrons. The zero-order chi connectivity index (χ0) is 10.6. The summed E-state index contributed by atoms with van der Waals surface area (Å²) in [6, 6.07) is -0.532. The highest BCUT2D eigenvalue weighted by Gasteiger charge is 2.12. The molecule has 0 aliphatic heterocycles. The first kappa shape index (κ1) is 10.5. The molecule has 1 atom stereocenters. The Morgan fingerprint density at radius 3 is 2.93 bits per heavy atom. The minimum atomic E-state index is -0.532. The average molecular weight is 190 g/mol. The Morgan fingerprint density at radius 2 is 2.29 bits per heavy atom. The zero-order valence-corrected chi connectivity index (χ0v) is 8.16. The van der Waals surface area contributed by atoms with Crippen LogP contribution in [0.1, 0.15) is 13.3 Å². The molecule has 14 heavy (non-hydrogen) atoms. The van der Waals surface area contributed by atoms with Crippen molar-refractivity contribution in [1.82, 2.24) is 0 Å². The molecule has 1 aliphatic rings. The van der Waals surface area contributed by atoms with Crippen molar-refractivity contribution in [2.45, 2.75) is 19.4 Å². The molecule has 1 unspecified atom stereocenters. The van der Waals surface area contributed by atoms with Crippen molar-refractivity contribution in [3.63, 3.8) is 0 Å². The molecular weight excluding hydrogens is 176 g/mol. The summed E-state index contributed by atoms with van der Waals surface area (Å²) >= 11 is 0. The molecule has 0 saturated heterocycles.